The van der Waals surface area contributed by atoms with Crippen molar-refractivity contribution in [3.63, 3.8) is 0 Å². The first-order valence-electron chi connectivity index (χ1n) is 5.94. The van der Waals surface area contributed by atoms with E-state index in [9.17, 15) is 4.79 Å². The van der Waals surface area contributed by atoms with E-state index in [1.54, 1.807) is 0 Å². The minimum absolute atomic E-state index is 0.108. The third-order valence-corrected chi connectivity index (χ3v) is 2.68. The lowest BCUT2D eigenvalue weighted by molar-refractivity contribution is 0.0691. The van der Waals surface area contributed by atoms with Crippen molar-refractivity contribution in [3.05, 3.63) is 41.7 Å². The van der Waals surface area contributed by atoms with Gasteiger partial charge in [0.15, 0.2) is 0 Å². The van der Waals surface area contributed by atoms with Crippen LogP contribution in [0, 0.1) is 5.92 Å². The average Bonchev–Trinajstić information content (AvgIpc) is 2.78. The van der Waals surface area contributed by atoms with E-state index in [1.165, 1.54) is 11.8 Å². The molecule has 0 aliphatic heterocycles. The van der Waals surface area contributed by atoms with Gasteiger partial charge < -0.3 is 10.1 Å². The van der Waals surface area contributed by atoms with Crippen LogP contribution in [0.3, 0.4) is 0 Å². The lowest BCUT2D eigenvalue weighted by Crippen LogP contribution is -1.96. The summed E-state index contributed by atoms with van der Waals surface area (Å²) in [7, 11) is 0. The Morgan fingerprint density at radius 1 is 1.33 bits per heavy atom. The molecule has 94 valence electrons. The fourth-order valence-electron chi connectivity index (χ4n) is 1.85. The summed E-state index contributed by atoms with van der Waals surface area (Å²) in [5, 5.41) is 8.82. The zero-order chi connectivity index (χ0) is 13.1. The van der Waals surface area contributed by atoms with Crippen LogP contribution in [-0.4, -0.2) is 21.0 Å². The SMILES string of the molecule is CC(C)Cc1ccc(-c2ncc(C(=O)O)[nH]2)cc1. The highest BCUT2D eigenvalue weighted by Gasteiger charge is 2.08. The Bertz CT molecular complexity index is 541. The summed E-state index contributed by atoms with van der Waals surface area (Å²) < 4.78 is 0. The zero-order valence-electron chi connectivity index (χ0n) is 10.5. The number of nitrogens with one attached hydrogen (secondary N) is 1. The highest BCUT2D eigenvalue weighted by molar-refractivity contribution is 5.85. The molecule has 1 aromatic carbocycles. The molecule has 4 heteroatoms. The van der Waals surface area contributed by atoms with Crippen LogP contribution >= 0.6 is 0 Å². The molecule has 4 nitrogen and oxygen atoms in total. The standard InChI is InChI=1S/C14H16N2O2/c1-9(2)7-10-3-5-11(6-4-10)13-15-8-12(16-13)14(17)18/h3-6,8-9H,7H2,1-2H3,(H,15,16)(H,17,18). The van der Waals surface area contributed by atoms with Gasteiger partial charge >= 0.3 is 5.97 Å². The summed E-state index contributed by atoms with van der Waals surface area (Å²) in [6, 6.07) is 8.03. The Morgan fingerprint density at radius 2 is 2.00 bits per heavy atom. The van der Waals surface area contributed by atoms with Crippen LogP contribution in [0.15, 0.2) is 30.5 Å². The van der Waals surface area contributed by atoms with Crippen molar-refractivity contribution in [2.45, 2.75) is 20.3 Å². The van der Waals surface area contributed by atoms with E-state index in [4.69, 9.17) is 5.11 Å². The van der Waals surface area contributed by atoms with Crippen LogP contribution in [0.4, 0.5) is 0 Å². The van der Waals surface area contributed by atoms with Crippen LogP contribution in [0.25, 0.3) is 11.4 Å². The number of aromatic carboxylic acids is 1. The van der Waals surface area contributed by atoms with Gasteiger partial charge in [0.25, 0.3) is 0 Å². The Balaban J connectivity index is 2.20. The number of aromatic nitrogens is 2. The molecule has 2 aromatic rings. The van der Waals surface area contributed by atoms with Gasteiger partial charge in [0.05, 0.1) is 6.20 Å². The molecule has 0 saturated heterocycles. The van der Waals surface area contributed by atoms with Crippen molar-refractivity contribution in [2.24, 2.45) is 5.92 Å². The second kappa shape index (κ2) is 5.04. The molecule has 0 amide bonds. The number of aromatic amines is 1. The first-order valence-corrected chi connectivity index (χ1v) is 5.94. The lowest BCUT2D eigenvalue weighted by atomic mass is 10.0. The van der Waals surface area contributed by atoms with Gasteiger partial charge in [-0.3, -0.25) is 0 Å². The van der Waals surface area contributed by atoms with E-state index in [2.05, 4.69) is 35.9 Å². The number of nitrogens with zero attached hydrogens (tertiary/aromatic N) is 1. The summed E-state index contributed by atoms with van der Waals surface area (Å²) in [5.74, 6) is 0.215. The molecule has 0 saturated carbocycles. The lowest BCUT2D eigenvalue weighted by Gasteiger charge is -2.05. The van der Waals surface area contributed by atoms with Crippen molar-refractivity contribution < 1.29 is 9.90 Å². The first-order chi connectivity index (χ1) is 8.56. The van der Waals surface area contributed by atoms with Crippen LogP contribution in [0.1, 0.15) is 29.9 Å². The highest BCUT2D eigenvalue weighted by Crippen LogP contribution is 2.18. The van der Waals surface area contributed by atoms with Gasteiger partial charge in [-0.25, -0.2) is 9.78 Å². The maximum atomic E-state index is 10.7. The van der Waals surface area contributed by atoms with Crippen molar-refractivity contribution in [1.29, 1.82) is 0 Å². The number of H-pyrrole nitrogens is 1. The van der Waals surface area contributed by atoms with Gasteiger partial charge in [-0.15, -0.1) is 0 Å². The van der Waals surface area contributed by atoms with E-state index in [0.717, 1.165) is 12.0 Å². The van der Waals surface area contributed by atoms with Crippen LogP contribution in [0.5, 0.6) is 0 Å². The molecule has 1 aromatic heterocycles. The molecule has 0 atom stereocenters. The Labute approximate surface area is 106 Å². The molecule has 0 spiro atoms. The number of carboxylic acids is 1. The second-order valence-electron chi connectivity index (χ2n) is 4.75. The monoisotopic (exact) mass is 244 g/mol. The van der Waals surface area contributed by atoms with Gasteiger partial charge in [0.1, 0.15) is 11.5 Å². The molecule has 1 heterocycles. The van der Waals surface area contributed by atoms with Crippen LogP contribution in [0.2, 0.25) is 0 Å². The maximum absolute atomic E-state index is 10.7. The van der Waals surface area contributed by atoms with Gasteiger partial charge in [-0.1, -0.05) is 38.1 Å². The van der Waals surface area contributed by atoms with Gasteiger partial charge in [0, 0.05) is 5.56 Å². The largest absolute Gasteiger partial charge is 0.477 e. The van der Waals surface area contributed by atoms with Crippen molar-refractivity contribution in [3.8, 4) is 11.4 Å². The molecule has 2 N–H and O–H groups in total. The number of rotatable bonds is 4. The fourth-order valence-corrected chi connectivity index (χ4v) is 1.85. The zero-order valence-corrected chi connectivity index (χ0v) is 10.5. The number of imidazole rings is 1. The topological polar surface area (TPSA) is 66.0 Å². The molecular formula is C14H16N2O2. The van der Waals surface area contributed by atoms with Gasteiger partial charge in [-0.05, 0) is 17.9 Å². The molecule has 0 aliphatic rings. The number of benzene rings is 1. The molecular weight excluding hydrogens is 228 g/mol. The Hall–Kier alpha value is -2.10. The predicted octanol–water partition coefficient (Wildman–Crippen LogP) is 2.97. The number of carbonyl (C=O) groups is 1. The normalized spacial score (nSPS) is 10.8. The predicted molar refractivity (Wildman–Crippen MR) is 69.5 cm³/mol. The smallest absolute Gasteiger partial charge is 0.353 e. The number of hydrogen-bond acceptors (Lipinski definition) is 2. The highest BCUT2D eigenvalue weighted by atomic mass is 16.4. The molecule has 2 rings (SSSR count). The molecule has 0 aliphatic carbocycles. The van der Waals surface area contributed by atoms with Crippen molar-refractivity contribution >= 4 is 5.97 Å². The van der Waals surface area contributed by atoms with E-state index in [1.807, 2.05) is 12.1 Å². The Kier molecular flexibility index (Phi) is 3.46. The third-order valence-electron chi connectivity index (χ3n) is 2.68. The van der Waals surface area contributed by atoms with E-state index >= 15 is 0 Å². The van der Waals surface area contributed by atoms with Gasteiger partial charge in [-0.2, -0.15) is 0 Å². The molecule has 0 unspecified atom stereocenters. The van der Waals surface area contributed by atoms with E-state index in [0.29, 0.717) is 11.7 Å². The molecule has 0 fully saturated rings. The van der Waals surface area contributed by atoms with E-state index < -0.39 is 5.97 Å². The first kappa shape index (κ1) is 12.4. The third kappa shape index (κ3) is 2.77. The van der Waals surface area contributed by atoms with E-state index in [-0.39, 0.29) is 5.69 Å². The molecule has 0 bridgehead atoms. The minimum Gasteiger partial charge on any atom is -0.477 e. The maximum Gasteiger partial charge on any atom is 0.353 e. The average molecular weight is 244 g/mol. The summed E-state index contributed by atoms with van der Waals surface area (Å²) in [6.07, 6.45) is 2.37. The summed E-state index contributed by atoms with van der Waals surface area (Å²) >= 11 is 0. The second-order valence-corrected chi connectivity index (χ2v) is 4.75. The number of hydrogen-bond donors (Lipinski definition) is 2. The van der Waals surface area contributed by atoms with Crippen LogP contribution < -0.4 is 0 Å². The number of carboxylic acid groups (broad SMARTS) is 1. The summed E-state index contributed by atoms with van der Waals surface area (Å²) in [6.45, 7) is 4.36. The van der Waals surface area contributed by atoms with Crippen molar-refractivity contribution in [2.75, 3.05) is 0 Å². The minimum atomic E-state index is -0.995. The Morgan fingerprint density at radius 3 is 2.50 bits per heavy atom. The van der Waals surface area contributed by atoms with Gasteiger partial charge in [0.2, 0.25) is 0 Å². The fraction of sp³-hybridized carbons (Fsp3) is 0.286. The molecule has 0 radical (unpaired) electrons. The molecule has 18 heavy (non-hydrogen) atoms. The van der Waals surface area contributed by atoms with Crippen molar-refractivity contribution in [1.82, 2.24) is 9.97 Å². The van der Waals surface area contributed by atoms with Crippen LogP contribution in [-0.2, 0) is 6.42 Å². The summed E-state index contributed by atoms with van der Waals surface area (Å²) in [5.41, 5.74) is 2.28. The summed E-state index contributed by atoms with van der Waals surface area (Å²) in [4.78, 5) is 17.6. The quantitative estimate of drug-likeness (QED) is 0.868.